The van der Waals surface area contributed by atoms with Crippen LogP contribution in [0.15, 0.2) is 11.6 Å². The van der Waals surface area contributed by atoms with Crippen molar-refractivity contribution in [3.05, 3.63) is 11.6 Å². The summed E-state index contributed by atoms with van der Waals surface area (Å²) in [6.45, 7) is 3.90. The third kappa shape index (κ3) is 4.41. The van der Waals surface area contributed by atoms with E-state index in [1.54, 1.807) is 0 Å². The van der Waals surface area contributed by atoms with Crippen LogP contribution in [0.1, 0.15) is 78.1 Å². The molecule has 0 bridgehead atoms. The Kier molecular flexibility index (Phi) is 6.91. The number of ketones is 1. The summed E-state index contributed by atoms with van der Waals surface area (Å²) >= 11 is 0. The molecule has 3 fully saturated rings. The summed E-state index contributed by atoms with van der Waals surface area (Å²) in [6, 6.07) is -1.37. The van der Waals surface area contributed by atoms with Crippen LogP contribution >= 0.6 is 0 Å². The number of aliphatic hydroxyl groups is 1. The number of amides is 1. The number of aliphatic carboxylic acids is 1. The zero-order valence-electron chi connectivity index (χ0n) is 20.2. The molecule has 1 amide bonds. The van der Waals surface area contributed by atoms with Gasteiger partial charge in [-0.25, -0.2) is 4.79 Å². The van der Waals surface area contributed by atoms with E-state index in [9.17, 15) is 19.2 Å². The lowest BCUT2D eigenvalue weighted by molar-refractivity contribution is -0.160. The number of carboxylic acid groups (broad SMARTS) is 1. The Morgan fingerprint density at radius 1 is 1.09 bits per heavy atom. The summed E-state index contributed by atoms with van der Waals surface area (Å²) < 4.78 is 5.90. The maximum atomic E-state index is 12.6. The van der Waals surface area contributed by atoms with E-state index in [-0.39, 0.29) is 35.6 Å². The predicted molar refractivity (Wildman–Crippen MR) is 122 cm³/mol. The van der Waals surface area contributed by atoms with Crippen molar-refractivity contribution < 1.29 is 34.1 Å². The number of hydrogen-bond donors (Lipinski definition) is 3. The number of carbonyl (C=O) groups is 4. The molecule has 4 aliphatic carbocycles. The Hall–Kier alpha value is -2.22. The maximum absolute atomic E-state index is 12.6. The molecule has 3 saturated carbocycles. The minimum Gasteiger partial charge on any atom is -0.480 e. The molecular weight excluding hydrogens is 438 g/mol. The summed E-state index contributed by atoms with van der Waals surface area (Å²) in [6.07, 6.45) is 9.05. The Balaban J connectivity index is 1.35. The number of hydrogen-bond acceptors (Lipinski definition) is 6. The first kappa shape index (κ1) is 24.9. The Morgan fingerprint density at radius 3 is 2.56 bits per heavy atom. The summed E-state index contributed by atoms with van der Waals surface area (Å²) in [7, 11) is 0. The van der Waals surface area contributed by atoms with Crippen molar-refractivity contribution >= 4 is 23.6 Å². The number of aliphatic hydroxyl groups excluding tert-OH is 1. The lowest BCUT2D eigenvalue weighted by Gasteiger charge is -2.57. The number of esters is 1. The number of fused-ring (bicyclic) bond motifs is 5. The van der Waals surface area contributed by atoms with Crippen molar-refractivity contribution in [2.24, 2.45) is 28.6 Å². The summed E-state index contributed by atoms with van der Waals surface area (Å²) in [5.41, 5.74) is 1.38. The molecule has 0 unspecified atom stereocenters. The molecule has 3 N–H and O–H groups in total. The molecule has 7 atom stereocenters. The van der Waals surface area contributed by atoms with Crippen molar-refractivity contribution in [3.8, 4) is 0 Å². The molecule has 0 aromatic carbocycles. The first-order chi connectivity index (χ1) is 16.1. The molecule has 0 spiro atoms. The Labute approximate surface area is 200 Å². The number of allylic oxidation sites excluding steroid dienone is 1. The summed E-state index contributed by atoms with van der Waals surface area (Å²) in [5.74, 6) is -0.447. The minimum absolute atomic E-state index is 0.0769. The Bertz CT molecular complexity index is 898. The second-order valence-corrected chi connectivity index (χ2v) is 11.2. The molecule has 0 saturated heterocycles. The fourth-order valence-electron chi connectivity index (χ4n) is 7.59. The van der Waals surface area contributed by atoms with Crippen LogP contribution in [0.4, 0.5) is 0 Å². The molecule has 4 aliphatic rings. The molecule has 0 radical (unpaired) electrons. The number of nitrogens with one attached hydrogen (secondary N) is 1. The van der Waals surface area contributed by atoms with E-state index in [1.165, 1.54) is 5.57 Å². The summed E-state index contributed by atoms with van der Waals surface area (Å²) in [4.78, 5) is 47.4. The number of carbonyl (C=O) groups excluding carboxylic acids is 3. The second kappa shape index (κ2) is 9.44. The SMILES string of the molecule is C[C@]12CC[C@@H]3[C@H](CCC4=CC(=O)CC[C@@]43C)[C@@H]1CC[C@H]2OC(=O)CCC(=O)N[C@@H](CO)C(=O)O. The average molecular weight is 476 g/mol. The molecule has 0 aromatic heterocycles. The van der Waals surface area contributed by atoms with Gasteiger partial charge in [0.25, 0.3) is 0 Å². The molecule has 34 heavy (non-hydrogen) atoms. The molecule has 0 heterocycles. The molecule has 8 nitrogen and oxygen atoms in total. The molecular formula is C26H37NO7. The molecule has 0 aliphatic heterocycles. The van der Waals surface area contributed by atoms with Gasteiger partial charge in [-0.1, -0.05) is 19.4 Å². The first-order valence-electron chi connectivity index (χ1n) is 12.6. The third-order valence-corrected chi connectivity index (χ3v) is 9.52. The molecule has 8 heteroatoms. The van der Waals surface area contributed by atoms with Crippen LogP contribution in [0.25, 0.3) is 0 Å². The molecule has 188 valence electrons. The van der Waals surface area contributed by atoms with Crippen LogP contribution in [-0.4, -0.2) is 52.6 Å². The fraction of sp³-hybridized carbons (Fsp3) is 0.769. The number of ether oxygens (including phenoxy) is 1. The van der Waals surface area contributed by atoms with Gasteiger partial charge in [0.2, 0.25) is 5.91 Å². The monoisotopic (exact) mass is 475 g/mol. The third-order valence-electron chi connectivity index (χ3n) is 9.52. The van der Waals surface area contributed by atoms with E-state index in [0.717, 1.165) is 44.9 Å². The normalized spacial score (nSPS) is 37.5. The Morgan fingerprint density at radius 2 is 1.85 bits per heavy atom. The topological polar surface area (TPSA) is 130 Å². The zero-order valence-corrected chi connectivity index (χ0v) is 20.2. The van der Waals surface area contributed by atoms with Crippen LogP contribution in [0.5, 0.6) is 0 Å². The first-order valence-corrected chi connectivity index (χ1v) is 12.6. The van der Waals surface area contributed by atoms with Crippen LogP contribution in [0.3, 0.4) is 0 Å². The second-order valence-electron chi connectivity index (χ2n) is 11.2. The van der Waals surface area contributed by atoms with Gasteiger partial charge in [-0.3, -0.25) is 14.4 Å². The van der Waals surface area contributed by atoms with Crippen LogP contribution in [0.2, 0.25) is 0 Å². The van der Waals surface area contributed by atoms with Crippen molar-refractivity contribution in [2.45, 2.75) is 90.2 Å². The quantitative estimate of drug-likeness (QED) is 0.483. The van der Waals surface area contributed by atoms with Gasteiger partial charge in [-0.15, -0.1) is 0 Å². The van der Waals surface area contributed by atoms with E-state index in [2.05, 4.69) is 19.2 Å². The minimum atomic E-state index is -1.37. The van der Waals surface area contributed by atoms with E-state index in [1.807, 2.05) is 6.08 Å². The predicted octanol–water partition coefficient (Wildman–Crippen LogP) is 2.77. The number of rotatable bonds is 7. The van der Waals surface area contributed by atoms with E-state index >= 15 is 0 Å². The highest BCUT2D eigenvalue weighted by molar-refractivity contribution is 5.91. The van der Waals surface area contributed by atoms with Crippen molar-refractivity contribution in [2.75, 3.05) is 6.61 Å². The van der Waals surface area contributed by atoms with Gasteiger partial charge in [0.05, 0.1) is 13.0 Å². The van der Waals surface area contributed by atoms with Gasteiger partial charge in [0.1, 0.15) is 12.1 Å². The highest BCUT2D eigenvalue weighted by Gasteiger charge is 2.59. The molecule has 0 aromatic rings. The summed E-state index contributed by atoms with van der Waals surface area (Å²) in [5, 5.41) is 20.1. The van der Waals surface area contributed by atoms with Crippen LogP contribution in [-0.2, 0) is 23.9 Å². The highest BCUT2D eigenvalue weighted by atomic mass is 16.5. The lowest BCUT2D eigenvalue weighted by Crippen LogP contribution is -2.51. The molecule has 4 rings (SSSR count). The van der Waals surface area contributed by atoms with Gasteiger partial charge in [-0.05, 0) is 74.2 Å². The van der Waals surface area contributed by atoms with Gasteiger partial charge >= 0.3 is 11.9 Å². The van der Waals surface area contributed by atoms with Crippen molar-refractivity contribution in [1.82, 2.24) is 5.32 Å². The largest absolute Gasteiger partial charge is 0.480 e. The highest BCUT2D eigenvalue weighted by Crippen LogP contribution is 2.65. The van der Waals surface area contributed by atoms with E-state index < -0.39 is 30.5 Å². The van der Waals surface area contributed by atoms with E-state index in [0.29, 0.717) is 24.2 Å². The smallest absolute Gasteiger partial charge is 0.328 e. The standard InChI is InChI=1S/C26H37NO7/c1-25-11-9-16(29)13-15(25)3-4-17-18-5-6-21(26(18,2)12-10-19(17)25)34-23(31)8-7-22(30)27-20(14-28)24(32)33/h13,17-21,28H,3-12,14H2,1-2H3,(H,27,30)(H,32,33)/t17-,18+,19-,20+,21-,25+,26+/m1/s1. The van der Waals surface area contributed by atoms with Gasteiger partial charge in [-0.2, -0.15) is 0 Å². The van der Waals surface area contributed by atoms with E-state index in [4.69, 9.17) is 14.9 Å². The fourth-order valence-corrected chi connectivity index (χ4v) is 7.59. The number of carboxylic acids is 1. The maximum Gasteiger partial charge on any atom is 0.328 e. The van der Waals surface area contributed by atoms with Gasteiger partial charge < -0.3 is 20.3 Å². The van der Waals surface area contributed by atoms with Gasteiger partial charge in [0, 0.05) is 18.3 Å². The van der Waals surface area contributed by atoms with Gasteiger partial charge in [0.15, 0.2) is 5.78 Å². The van der Waals surface area contributed by atoms with Crippen molar-refractivity contribution in [1.29, 1.82) is 0 Å². The lowest BCUT2D eigenvalue weighted by atomic mass is 9.47. The average Bonchev–Trinajstić information content (AvgIpc) is 3.12. The van der Waals surface area contributed by atoms with Crippen LogP contribution in [0, 0.1) is 28.6 Å². The van der Waals surface area contributed by atoms with Crippen molar-refractivity contribution in [3.63, 3.8) is 0 Å². The zero-order chi connectivity index (χ0) is 24.7. The van der Waals surface area contributed by atoms with Crippen LogP contribution < -0.4 is 5.32 Å².